The van der Waals surface area contributed by atoms with Crippen molar-refractivity contribution in [3.8, 4) is 11.4 Å². The number of ether oxygens (including phenoxy) is 1. The molecule has 0 bridgehead atoms. The normalized spacial score (nSPS) is 11.4. The molecule has 152 valence electrons. The Kier molecular flexibility index (Phi) is 6.24. The topological polar surface area (TPSA) is 142 Å². The van der Waals surface area contributed by atoms with Crippen LogP contribution in [0.3, 0.4) is 0 Å². The van der Waals surface area contributed by atoms with Gasteiger partial charge in [-0.25, -0.2) is 8.42 Å². The Morgan fingerprint density at radius 1 is 1.17 bits per heavy atom. The summed E-state index contributed by atoms with van der Waals surface area (Å²) in [5, 5.41) is 12.2. The van der Waals surface area contributed by atoms with Gasteiger partial charge in [0.05, 0.1) is 29.1 Å². The molecule has 3 aromatic rings. The van der Waals surface area contributed by atoms with Gasteiger partial charge < -0.3 is 4.74 Å². The lowest BCUT2D eigenvalue weighted by atomic mass is 10.2. The van der Waals surface area contributed by atoms with E-state index in [0.29, 0.717) is 23.6 Å². The molecule has 0 saturated heterocycles. The van der Waals surface area contributed by atoms with Gasteiger partial charge in [-0.15, -0.1) is 10.2 Å². The molecule has 0 spiro atoms. The van der Waals surface area contributed by atoms with Crippen LogP contribution in [0.5, 0.6) is 0 Å². The van der Waals surface area contributed by atoms with Crippen LogP contribution in [0.15, 0.2) is 41.6 Å². The third kappa shape index (κ3) is 5.39. The fraction of sp³-hybridized carbons (Fsp3) is 0.294. The van der Waals surface area contributed by atoms with E-state index in [2.05, 4.69) is 30.1 Å². The zero-order valence-corrected chi connectivity index (χ0v) is 16.6. The van der Waals surface area contributed by atoms with Gasteiger partial charge in [-0.1, -0.05) is 0 Å². The highest BCUT2D eigenvalue weighted by Gasteiger charge is 2.16. The first-order valence-corrected chi connectivity index (χ1v) is 10.2. The number of hydrogen-bond acceptors (Lipinski definition) is 9. The van der Waals surface area contributed by atoms with E-state index in [1.54, 1.807) is 31.5 Å². The van der Waals surface area contributed by atoms with E-state index in [9.17, 15) is 13.2 Å². The van der Waals surface area contributed by atoms with Gasteiger partial charge >= 0.3 is 5.97 Å². The van der Waals surface area contributed by atoms with Crippen molar-refractivity contribution >= 4 is 16.0 Å². The maximum Gasteiger partial charge on any atom is 0.321 e. The van der Waals surface area contributed by atoms with E-state index < -0.39 is 22.5 Å². The van der Waals surface area contributed by atoms with Gasteiger partial charge in [0.15, 0.2) is 0 Å². The van der Waals surface area contributed by atoms with Crippen molar-refractivity contribution < 1.29 is 17.9 Å². The smallest absolute Gasteiger partial charge is 0.321 e. The number of esters is 1. The van der Waals surface area contributed by atoms with Crippen molar-refractivity contribution in [3.63, 3.8) is 0 Å². The number of tetrazole rings is 1. The summed E-state index contributed by atoms with van der Waals surface area (Å²) in [5.74, 6) is -0.305. The summed E-state index contributed by atoms with van der Waals surface area (Å²) in [5.41, 5.74) is 2.09. The van der Waals surface area contributed by atoms with Gasteiger partial charge in [0.25, 0.3) is 0 Å². The number of hydrogen-bond donors (Lipinski definition) is 1. The molecule has 3 rings (SSSR count). The molecular weight excluding hydrogens is 398 g/mol. The van der Waals surface area contributed by atoms with Gasteiger partial charge in [0.2, 0.25) is 15.8 Å². The minimum atomic E-state index is -3.84. The van der Waals surface area contributed by atoms with Crippen molar-refractivity contribution in [1.82, 2.24) is 34.9 Å². The van der Waals surface area contributed by atoms with Crippen LogP contribution >= 0.6 is 0 Å². The van der Waals surface area contributed by atoms with E-state index in [0.717, 1.165) is 5.69 Å². The molecule has 0 amide bonds. The third-order valence-corrected chi connectivity index (χ3v) is 5.14. The molecule has 0 radical (unpaired) electrons. The Labute approximate surface area is 167 Å². The van der Waals surface area contributed by atoms with Gasteiger partial charge in [-0.05, 0) is 43.3 Å². The fourth-order valence-corrected chi connectivity index (χ4v) is 3.27. The number of carbonyl (C=O) groups excluding carboxylic acids is 1. The van der Waals surface area contributed by atoms with Gasteiger partial charge in [0, 0.05) is 11.8 Å². The lowest BCUT2D eigenvalue weighted by molar-refractivity contribution is -0.141. The molecule has 2 heterocycles. The molecule has 0 aliphatic heterocycles. The van der Waals surface area contributed by atoms with Gasteiger partial charge in [-0.2, -0.15) is 9.52 Å². The Morgan fingerprint density at radius 2 is 1.93 bits per heavy atom. The second-order valence-corrected chi connectivity index (χ2v) is 7.71. The van der Waals surface area contributed by atoms with Crippen molar-refractivity contribution in [1.29, 1.82) is 0 Å². The van der Waals surface area contributed by atoms with Crippen LogP contribution in [0.25, 0.3) is 11.4 Å². The highest BCUT2D eigenvalue weighted by molar-refractivity contribution is 7.89. The van der Waals surface area contributed by atoms with Crippen molar-refractivity contribution in [3.05, 3.63) is 48.0 Å². The second-order valence-electron chi connectivity index (χ2n) is 5.95. The largest absolute Gasteiger partial charge is 0.465 e. The minimum absolute atomic E-state index is 0.00729. The number of nitrogens with zero attached hydrogens (tertiary/aromatic N) is 6. The molecule has 0 aliphatic rings. The molecule has 0 aliphatic carbocycles. The first-order valence-electron chi connectivity index (χ1n) is 8.68. The first kappa shape index (κ1) is 20.5. The number of aromatic nitrogens is 6. The summed E-state index contributed by atoms with van der Waals surface area (Å²) < 4.78 is 31.4. The number of benzene rings is 1. The average molecular weight is 417 g/mol. The number of carbonyl (C=O) groups is 1. The Morgan fingerprint density at radius 3 is 2.59 bits per heavy atom. The van der Waals surface area contributed by atoms with E-state index in [-0.39, 0.29) is 11.5 Å². The van der Waals surface area contributed by atoms with Crippen LogP contribution in [0.1, 0.15) is 18.3 Å². The van der Waals surface area contributed by atoms with Crippen LogP contribution < -0.4 is 4.72 Å². The standard InChI is InChI=1S/C17H19N7O4S/c1-3-28-16(25)10-20-29(26,27)15-6-4-13(5-7-15)17-21-23-24(22-17)11-14-9-18-12(2)8-19-14/h4-9,20H,3,10-11H2,1-2H3. The Balaban J connectivity index is 1.68. The summed E-state index contributed by atoms with van der Waals surface area (Å²) in [6, 6.07) is 5.92. The Bertz CT molecular complexity index is 1080. The van der Waals surface area contributed by atoms with E-state index >= 15 is 0 Å². The summed E-state index contributed by atoms with van der Waals surface area (Å²) in [7, 11) is -3.84. The molecule has 0 atom stereocenters. The second kappa shape index (κ2) is 8.84. The number of rotatable bonds is 8. The first-order chi connectivity index (χ1) is 13.9. The molecule has 12 heteroatoms. The highest BCUT2D eigenvalue weighted by Crippen LogP contribution is 2.17. The molecule has 11 nitrogen and oxygen atoms in total. The van der Waals surface area contributed by atoms with Crippen LogP contribution in [-0.2, 0) is 26.1 Å². The molecule has 29 heavy (non-hydrogen) atoms. The monoisotopic (exact) mass is 417 g/mol. The summed E-state index contributed by atoms with van der Waals surface area (Å²) in [6.07, 6.45) is 3.30. The lowest BCUT2D eigenvalue weighted by Gasteiger charge is -2.06. The van der Waals surface area contributed by atoms with Gasteiger partial charge in [0.1, 0.15) is 13.1 Å². The minimum Gasteiger partial charge on any atom is -0.465 e. The molecule has 2 aromatic heterocycles. The van der Waals surface area contributed by atoms with Crippen LogP contribution in [0.4, 0.5) is 0 Å². The highest BCUT2D eigenvalue weighted by atomic mass is 32.2. The Hall–Kier alpha value is -3.25. The molecule has 0 saturated carbocycles. The summed E-state index contributed by atoms with van der Waals surface area (Å²) in [6.45, 7) is 3.54. The van der Waals surface area contributed by atoms with Crippen molar-refractivity contribution in [2.45, 2.75) is 25.3 Å². The maximum atomic E-state index is 12.2. The van der Waals surface area contributed by atoms with Crippen LogP contribution in [0, 0.1) is 6.92 Å². The van der Waals surface area contributed by atoms with Crippen LogP contribution in [0.2, 0.25) is 0 Å². The number of sulfonamides is 1. The van der Waals surface area contributed by atoms with E-state index in [1.807, 2.05) is 6.92 Å². The zero-order chi connectivity index (χ0) is 20.9. The van der Waals surface area contributed by atoms with Crippen molar-refractivity contribution in [2.75, 3.05) is 13.2 Å². The summed E-state index contributed by atoms with van der Waals surface area (Å²) in [4.78, 5) is 21.1. The van der Waals surface area contributed by atoms with Crippen molar-refractivity contribution in [2.24, 2.45) is 0 Å². The van der Waals surface area contributed by atoms with E-state index in [1.165, 1.54) is 16.9 Å². The maximum absolute atomic E-state index is 12.2. The van der Waals surface area contributed by atoms with Crippen LogP contribution in [-0.4, -0.2) is 57.7 Å². The molecule has 1 N–H and O–H groups in total. The molecular formula is C17H19N7O4S. The number of nitrogens with one attached hydrogen (secondary N) is 1. The molecule has 0 fully saturated rings. The quantitative estimate of drug-likeness (QED) is 0.513. The predicted molar refractivity (Wildman–Crippen MR) is 101 cm³/mol. The van der Waals surface area contributed by atoms with Gasteiger partial charge in [-0.3, -0.25) is 14.8 Å². The average Bonchev–Trinajstić information content (AvgIpc) is 3.17. The number of aryl methyl sites for hydroxylation is 1. The SMILES string of the molecule is CCOC(=O)CNS(=O)(=O)c1ccc(-c2nnn(Cc3cnc(C)cn3)n2)cc1. The fourth-order valence-electron chi connectivity index (χ4n) is 2.30. The summed E-state index contributed by atoms with van der Waals surface area (Å²) >= 11 is 0. The predicted octanol–water partition coefficient (Wildman–Crippen LogP) is 0.328. The molecule has 1 aromatic carbocycles. The lowest BCUT2D eigenvalue weighted by Crippen LogP contribution is -2.30. The molecule has 0 unspecified atom stereocenters. The third-order valence-electron chi connectivity index (χ3n) is 3.73. The van der Waals surface area contributed by atoms with E-state index in [4.69, 9.17) is 4.74 Å². The zero-order valence-electron chi connectivity index (χ0n) is 15.8.